The van der Waals surface area contributed by atoms with E-state index in [0.29, 0.717) is 36.8 Å². The van der Waals surface area contributed by atoms with Crippen molar-refractivity contribution in [2.45, 2.75) is 24.2 Å². The highest BCUT2D eigenvalue weighted by molar-refractivity contribution is 7.89. The van der Waals surface area contributed by atoms with Gasteiger partial charge in [-0.2, -0.15) is 4.31 Å². The summed E-state index contributed by atoms with van der Waals surface area (Å²) in [5, 5.41) is 0. The van der Waals surface area contributed by atoms with Crippen molar-refractivity contribution < 1.29 is 17.9 Å². The molecule has 0 radical (unpaired) electrons. The summed E-state index contributed by atoms with van der Waals surface area (Å²) in [6.45, 7) is 2.37. The Hall–Kier alpha value is -2.52. The van der Waals surface area contributed by atoms with E-state index in [1.165, 1.54) is 29.7 Å². The highest BCUT2D eigenvalue weighted by atomic mass is 32.2. The number of carbonyl (C=O) groups is 1. The maximum atomic E-state index is 12.8. The number of carbonyl (C=O) groups excluding carboxylic acids is 1. The van der Waals surface area contributed by atoms with E-state index >= 15 is 0 Å². The number of nitrogens with zero attached hydrogens (tertiary/aromatic N) is 3. The van der Waals surface area contributed by atoms with Crippen LogP contribution in [0.4, 0.5) is 0 Å². The number of primary amides is 1. The number of hydrogen-bond donors (Lipinski definition) is 1. The number of amides is 1. The molecule has 1 aliphatic rings. The number of hydrogen-bond acceptors (Lipinski definition) is 6. The molecule has 3 rings (SSSR count). The summed E-state index contributed by atoms with van der Waals surface area (Å²) in [5.41, 5.74) is 6.04. The van der Waals surface area contributed by atoms with Crippen molar-refractivity contribution in [2.24, 2.45) is 5.73 Å². The zero-order valence-electron chi connectivity index (χ0n) is 14.5. The summed E-state index contributed by atoms with van der Waals surface area (Å²) in [7, 11) is -2.06. The van der Waals surface area contributed by atoms with Gasteiger partial charge in [0, 0.05) is 25.2 Å². The fourth-order valence-corrected chi connectivity index (χ4v) is 4.48. The zero-order valence-corrected chi connectivity index (χ0v) is 15.4. The van der Waals surface area contributed by atoms with E-state index in [4.69, 9.17) is 10.5 Å². The minimum absolute atomic E-state index is 0.122. The third-order valence-electron chi connectivity index (χ3n) is 4.48. The second-order valence-electron chi connectivity index (χ2n) is 6.12. The predicted octanol–water partition coefficient (Wildman–Crippen LogP) is 1.07. The Morgan fingerprint density at radius 3 is 2.58 bits per heavy atom. The fraction of sp³-hybridized carbons (Fsp3) is 0.353. The lowest BCUT2D eigenvalue weighted by Gasteiger charge is -2.17. The van der Waals surface area contributed by atoms with Gasteiger partial charge < -0.3 is 10.5 Å². The standard InChI is InChI=1S/C17H20N4O4S/c1-11-15(16(18)22)9-19-17(20-11)12-7-8-21(10-12)26(23,24)14-5-3-13(25-2)4-6-14/h3-6,9,12H,7-8,10H2,1-2H3,(H2,18,22). The maximum Gasteiger partial charge on any atom is 0.252 e. The molecule has 1 fully saturated rings. The fourth-order valence-electron chi connectivity index (χ4n) is 2.98. The van der Waals surface area contributed by atoms with Crippen molar-refractivity contribution in [1.82, 2.24) is 14.3 Å². The Morgan fingerprint density at radius 2 is 2.00 bits per heavy atom. The van der Waals surface area contributed by atoms with Crippen molar-refractivity contribution in [1.29, 1.82) is 0 Å². The average molecular weight is 376 g/mol. The van der Waals surface area contributed by atoms with Gasteiger partial charge in [-0.3, -0.25) is 4.79 Å². The Balaban J connectivity index is 1.79. The molecule has 1 atom stereocenters. The molecular formula is C17H20N4O4S. The number of benzene rings is 1. The molecule has 8 nitrogen and oxygen atoms in total. The number of methoxy groups -OCH3 is 1. The third-order valence-corrected chi connectivity index (χ3v) is 6.36. The number of sulfonamides is 1. The van der Waals surface area contributed by atoms with Crippen molar-refractivity contribution >= 4 is 15.9 Å². The van der Waals surface area contributed by atoms with Crippen LogP contribution in [0.3, 0.4) is 0 Å². The first-order chi connectivity index (χ1) is 12.3. The van der Waals surface area contributed by atoms with E-state index in [9.17, 15) is 13.2 Å². The van der Waals surface area contributed by atoms with E-state index in [1.54, 1.807) is 19.1 Å². The molecule has 2 N–H and O–H groups in total. The summed E-state index contributed by atoms with van der Waals surface area (Å²) < 4.78 is 32.1. The van der Waals surface area contributed by atoms with Crippen LogP contribution in [0.25, 0.3) is 0 Å². The van der Waals surface area contributed by atoms with Crippen LogP contribution in [0.2, 0.25) is 0 Å². The maximum absolute atomic E-state index is 12.8. The molecule has 0 spiro atoms. The van der Waals surface area contributed by atoms with Crippen LogP contribution in [0.15, 0.2) is 35.4 Å². The second-order valence-corrected chi connectivity index (χ2v) is 8.05. The van der Waals surface area contributed by atoms with Crippen LogP contribution in [0, 0.1) is 6.92 Å². The molecule has 0 saturated carbocycles. The van der Waals surface area contributed by atoms with Gasteiger partial charge in [0.05, 0.1) is 23.3 Å². The average Bonchev–Trinajstić information content (AvgIpc) is 3.12. The summed E-state index contributed by atoms with van der Waals surface area (Å²) in [5.74, 6) is 0.425. The Bertz CT molecular complexity index is 928. The van der Waals surface area contributed by atoms with Gasteiger partial charge in [0.15, 0.2) is 0 Å². The first-order valence-corrected chi connectivity index (χ1v) is 9.54. The lowest BCUT2D eigenvalue weighted by molar-refractivity contribution is 0.0999. The van der Waals surface area contributed by atoms with E-state index < -0.39 is 15.9 Å². The van der Waals surface area contributed by atoms with Gasteiger partial charge in [-0.15, -0.1) is 0 Å². The molecule has 9 heteroatoms. The van der Waals surface area contributed by atoms with E-state index in [-0.39, 0.29) is 16.4 Å². The number of aromatic nitrogens is 2. The van der Waals surface area contributed by atoms with Gasteiger partial charge in [0.25, 0.3) is 5.91 Å². The van der Waals surface area contributed by atoms with E-state index in [2.05, 4.69) is 9.97 Å². The van der Waals surface area contributed by atoms with Crippen molar-refractivity contribution in [3.8, 4) is 5.75 Å². The van der Waals surface area contributed by atoms with Gasteiger partial charge in [-0.05, 0) is 37.6 Å². The first kappa shape index (κ1) is 18.3. The monoisotopic (exact) mass is 376 g/mol. The number of nitrogens with two attached hydrogens (primary N) is 1. The third kappa shape index (κ3) is 3.40. The van der Waals surface area contributed by atoms with E-state index in [0.717, 1.165) is 0 Å². The van der Waals surface area contributed by atoms with Crippen molar-refractivity contribution in [2.75, 3.05) is 20.2 Å². The van der Waals surface area contributed by atoms with Gasteiger partial charge in [-0.25, -0.2) is 18.4 Å². The molecule has 2 heterocycles. The Morgan fingerprint density at radius 1 is 1.31 bits per heavy atom. The molecule has 0 bridgehead atoms. The lowest BCUT2D eigenvalue weighted by atomic mass is 10.1. The molecule has 1 saturated heterocycles. The quantitative estimate of drug-likeness (QED) is 0.834. The van der Waals surface area contributed by atoms with Crippen LogP contribution in [0.1, 0.15) is 34.2 Å². The van der Waals surface area contributed by atoms with Crippen LogP contribution < -0.4 is 10.5 Å². The van der Waals surface area contributed by atoms with Crippen LogP contribution in [-0.4, -0.2) is 48.8 Å². The normalized spacial score (nSPS) is 18.0. The highest BCUT2D eigenvalue weighted by Gasteiger charge is 2.34. The molecule has 1 aromatic heterocycles. The minimum Gasteiger partial charge on any atom is -0.497 e. The molecule has 1 aliphatic heterocycles. The first-order valence-electron chi connectivity index (χ1n) is 8.10. The summed E-state index contributed by atoms with van der Waals surface area (Å²) in [6, 6.07) is 6.30. The van der Waals surface area contributed by atoms with Crippen LogP contribution >= 0.6 is 0 Å². The summed E-state index contributed by atoms with van der Waals surface area (Å²) in [4.78, 5) is 20.1. The van der Waals surface area contributed by atoms with Gasteiger partial charge >= 0.3 is 0 Å². The van der Waals surface area contributed by atoms with Crippen LogP contribution in [-0.2, 0) is 10.0 Å². The topological polar surface area (TPSA) is 115 Å². The molecule has 2 aromatic rings. The van der Waals surface area contributed by atoms with Gasteiger partial charge in [0.2, 0.25) is 10.0 Å². The molecule has 1 unspecified atom stereocenters. The molecular weight excluding hydrogens is 356 g/mol. The number of rotatable bonds is 5. The Labute approximate surface area is 152 Å². The van der Waals surface area contributed by atoms with Crippen molar-refractivity contribution in [3.63, 3.8) is 0 Å². The molecule has 1 aromatic carbocycles. The number of ether oxygens (including phenoxy) is 1. The smallest absolute Gasteiger partial charge is 0.252 e. The predicted molar refractivity (Wildman–Crippen MR) is 94.4 cm³/mol. The molecule has 138 valence electrons. The minimum atomic E-state index is -3.59. The highest BCUT2D eigenvalue weighted by Crippen LogP contribution is 2.30. The lowest BCUT2D eigenvalue weighted by Crippen LogP contribution is -2.28. The Kier molecular flexibility index (Phi) is 4.92. The largest absolute Gasteiger partial charge is 0.497 e. The second kappa shape index (κ2) is 7.00. The molecule has 0 aliphatic carbocycles. The van der Waals surface area contributed by atoms with Gasteiger partial charge in [0.1, 0.15) is 11.6 Å². The summed E-state index contributed by atoms with van der Waals surface area (Å²) in [6.07, 6.45) is 2.02. The van der Waals surface area contributed by atoms with E-state index in [1.807, 2.05) is 0 Å². The molecule has 26 heavy (non-hydrogen) atoms. The van der Waals surface area contributed by atoms with Gasteiger partial charge in [-0.1, -0.05) is 0 Å². The van der Waals surface area contributed by atoms with Crippen molar-refractivity contribution in [3.05, 3.63) is 47.5 Å². The number of aryl methyl sites for hydroxylation is 1. The SMILES string of the molecule is COc1ccc(S(=O)(=O)N2CCC(c3ncc(C(N)=O)c(C)n3)C2)cc1. The van der Waals surface area contributed by atoms with Crippen LogP contribution in [0.5, 0.6) is 5.75 Å². The molecule has 1 amide bonds. The summed E-state index contributed by atoms with van der Waals surface area (Å²) >= 11 is 0. The zero-order chi connectivity index (χ0) is 18.9.